The molecule has 0 bridgehead atoms. The van der Waals surface area contributed by atoms with E-state index < -0.39 is 0 Å². The van der Waals surface area contributed by atoms with Crippen LogP contribution in [-0.4, -0.2) is 13.7 Å². The van der Waals surface area contributed by atoms with Crippen LogP contribution in [0, 0.1) is 12.7 Å². The number of aryl methyl sites for hydroxylation is 1. The monoisotopic (exact) mass is 357 g/mol. The standard InChI is InChI=1S/C15H17BrFNOS/c1-4-18-14(13-7-9(2)15(16)20-13)11-8-10(17)5-6-12(11)19-3/h5-8,14,18H,4H2,1-3H3. The maximum atomic E-state index is 13.6. The Labute approximate surface area is 131 Å². The molecule has 1 aromatic heterocycles. The van der Waals surface area contributed by atoms with E-state index in [9.17, 15) is 4.39 Å². The number of rotatable bonds is 5. The van der Waals surface area contributed by atoms with E-state index in [0.29, 0.717) is 5.75 Å². The van der Waals surface area contributed by atoms with Crippen molar-refractivity contribution in [1.82, 2.24) is 5.32 Å². The summed E-state index contributed by atoms with van der Waals surface area (Å²) in [6.07, 6.45) is 0. The van der Waals surface area contributed by atoms with Crippen LogP contribution in [0.4, 0.5) is 4.39 Å². The van der Waals surface area contributed by atoms with Crippen molar-refractivity contribution in [2.75, 3.05) is 13.7 Å². The maximum Gasteiger partial charge on any atom is 0.124 e. The van der Waals surface area contributed by atoms with E-state index in [4.69, 9.17) is 4.74 Å². The molecule has 0 saturated heterocycles. The van der Waals surface area contributed by atoms with Crippen LogP contribution in [0.25, 0.3) is 0 Å². The van der Waals surface area contributed by atoms with E-state index in [1.54, 1.807) is 24.5 Å². The number of methoxy groups -OCH3 is 1. The molecule has 2 aromatic rings. The fourth-order valence-electron chi connectivity index (χ4n) is 2.12. The Bertz CT molecular complexity index is 580. The van der Waals surface area contributed by atoms with Crippen LogP contribution in [0.1, 0.15) is 29.0 Å². The number of hydrogen-bond acceptors (Lipinski definition) is 3. The van der Waals surface area contributed by atoms with Gasteiger partial charge in [-0.15, -0.1) is 11.3 Å². The molecule has 1 N–H and O–H groups in total. The number of thiophene rings is 1. The van der Waals surface area contributed by atoms with Crippen molar-refractivity contribution in [1.29, 1.82) is 0 Å². The highest BCUT2D eigenvalue weighted by molar-refractivity contribution is 9.11. The molecule has 1 heterocycles. The van der Waals surface area contributed by atoms with Gasteiger partial charge < -0.3 is 10.1 Å². The van der Waals surface area contributed by atoms with Crippen LogP contribution in [0.2, 0.25) is 0 Å². The Hall–Kier alpha value is -0.910. The summed E-state index contributed by atoms with van der Waals surface area (Å²) in [7, 11) is 1.61. The first-order chi connectivity index (χ1) is 9.56. The SMILES string of the molecule is CCNC(c1cc(C)c(Br)s1)c1cc(F)ccc1OC. The van der Waals surface area contributed by atoms with Gasteiger partial charge in [-0.25, -0.2) is 4.39 Å². The molecule has 2 rings (SSSR count). The van der Waals surface area contributed by atoms with Gasteiger partial charge in [0.25, 0.3) is 0 Å². The van der Waals surface area contributed by atoms with Crippen molar-refractivity contribution >= 4 is 27.3 Å². The van der Waals surface area contributed by atoms with Crippen LogP contribution in [0.5, 0.6) is 5.75 Å². The zero-order valence-electron chi connectivity index (χ0n) is 11.7. The van der Waals surface area contributed by atoms with Gasteiger partial charge in [-0.2, -0.15) is 0 Å². The van der Waals surface area contributed by atoms with Gasteiger partial charge in [0.15, 0.2) is 0 Å². The summed E-state index contributed by atoms with van der Waals surface area (Å²) >= 11 is 5.20. The lowest BCUT2D eigenvalue weighted by molar-refractivity contribution is 0.403. The molecule has 0 aliphatic carbocycles. The molecule has 0 radical (unpaired) electrons. The van der Waals surface area contributed by atoms with Crippen LogP contribution in [0.15, 0.2) is 28.1 Å². The molecule has 1 atom stereocenters. The quantitative estimate of drug-likeness (QED) is 0.839. The third-order valence-corrected chi connectivity index (χ3v) is 5.27. The highest BCUT2D eigenvalue weighted by Gasteiger charge is 2.20. The lowest BCUT2D eigenvalue weighted by Crippen LogP contribution is -2.21. The minimum absolute atomic E-state index is 0.0688. The molecule has 0 fully saturated rings. The van der Waals surface area contributed by atoms with Gasteiger partial charge in [-0.3, -0.25) is 0 Å². The predicted molar refractivity (Wildman–Crippen MR) is 85.2 cm³/mol. The van der Waals surface area contributed by atoms with Gasteiger partial charge in [-0.05, 0) is 59.2 Å². The topological polar surface area (TPSA) is 21.3 Å². The normalized spacial score (nSPS) is 12.4. The molecule has 0 saturated carbocycles. The lowest BCUT2D eigenvalue weighted by Gasteiger charge is -2.19. The number of hydrogen-bond donors (Lipinski definition) is 1. The number of nitrogens with one attached hydrogen (secondary N) is 1. The molecule has 0 aliphatic rings. The molecule has 0 amide bonds. The Morgan fingerprint density at radius 3 is 2.70 bits per heavy atom. The molecular formula is C15H17BrFNOS. The minimum Gasteiger partial charge on any atom is -0.496 e. The molecule has 108 valence electrons. The molecule has 0 aliphatic heterocycles. The zero-order valence-corrected chi connectivity index (χ0v) is 14.1. The van der Waals surface area contributed by atoms with Crippen molar-refractivity contribution in [3.8, 4) is 5.75 Å². The van der Waals surface area contributed by atoms with Crippen molar-refractivity contribution in [2.45, 2.75) is 19.9 Å². The summed E-state index contributed by atoms with van der Waals surface area (Å²) in [5, 5.41) is 3.40. The number of benzene rings is 1. The van der Waals surface area contributed by atoms with E-state index >= 15 is 0 Å². The Kier molecular flexibility index (Phi) is 5.18. The van der Waals surface area contributed by atoms with Crippen molar-refractivity contribution in [3.05, 3.63) is 49.9 Å². The highest BCUT2D eigenvalue weighted by Crippen LogP contribution is 2.37. The van der Waals surface area contributed by atoms with E-state index in [0.717, 1.165) is 20.8 Å². The second kappa shape index (κ2) is 6.70. The van der Waals surface area contributed by atoms with E-state index in [2.05, 4.69) is 34.2 Å². The van der Waals surface area contributed by atoms with Crippen LogP contribution >= 0.6 is 27.3 Å². The van der Waals surface area contributed by atoms with Gasteiger partial charge in [0, 0.05) is 10.4 Å². The van der Waals surface area contributed by atoms with Crippen molar-refractivity contribution < 1.29 is 9.13 Å². The summed E-state index contributed by atoms with van der Waals surface area (Å²) < 4.78 is 20.1. The molecule has 5 heteroatoms. The van der Waals surface area contributed by atoms with Crippen molar-refractivity contribution in [3.63, 3.8) is 0 Å². The van der Waals surface area contributed by atoms with Crippen molar-refractivity contribution in [2.24, 2.45) is 0 Å². The molecule has 0 spiro atoms. The fraction of sp³-hybridized carbons (Fsp3) is 0.333. The highest BCUT2D eigenvalue weighted by atomic mass is 79.9. The average Bonchev–Trinajstić information content (AvgIpc) is 2.75. The summed E-state index contributed by atoms with van der Waals surface area (Å²) in [6.45, 7) is 4.88. The zero-order chi connectivity index (χ0) is 14.7. The third kappa shape index (κ3) is 3.22. The van der Waals surface area contributed by atoms with Crippen LogP contribution in [-0.2, 0) is 0 Å². The molecule has 1 aromatic carbocycles. The molecule has 1 unspecified atom stereocenters. The van der Waals surface area contributed by atoms with Crippen LogP contribution in [0.3, 0.4) is 0 Å². The van der Waals surface area contributed by atoms with Gasteiger partial charge in [0.2, 0.25) is 0 Å². The van der Waals surface area contributed by atoms with Gasteiger partial charge in [-0.1, -0.05) is 6.92 Å². The lowest BCUT2D eigenvalue weighted by atomic mass is 10.0. The van der Waals surface area contributed by atoms with Gasteiger partial charge in [0.1, 0.15) is 11.6 Å². The first-order valence-corrected chi connectivity index (χ1v) is 8.00. The van der Waals surface area contributed by atoms with Crippen LogP contribution < -0.4 is 10.1 Å². The summed E-state index contributed by atoms with van der Waals surface area (Å²) in [5.74, 6) is 0.440. The van der Waals surface area contributed by atoms with E-state index in [-0.39, 0.29) is 11.9 Å². The Balaban J connectivity index is 2.50. The molecular weight excluding hydrogens is 341 g/mol. The van der Waals surface area contributed by atoms with E-state index in [1.165, 1.54) is 17.7 Å². The third-order valence-electron chi connectivity index (χ3n) is 3.07. The molecule has 2 nitrogen and oxygen atoms in total. The van der Waals surface area contributed by atoms with Gasteiger partial charge in [0.05, 0.1) is 16.9 Å². The molecule has 20 heavy (non-hydrogen) atoms. The van der Waals surface area contributed by atoms with E-state index in [1.807, 2.05) is 6.92 Å². The summed E-state index contributed by atoms with van der Waals surface area (Å²) in [6, 6.07) is 6.67. The average molecular weight is 358 g/mol. The number of ether oxygens (including phenoxy) is 1. The second-order valence-electron chi connectivity index (χ2n) is 4.48. The fourth-order valence-corrected chi connectivity index (χ4v) is 3.79. The summed E-state index contributed by atoms with van der Waals surface area (Å²) in [4.78, 5) is 1.14. The van der Waals surface area contributed by atoms with Gasteiger partial charge >= 0.3 is 0 Å². The maximum absolute atomic E-state index is 13.6. The number of halogens is 2. The minimum atomic E-state index is -0.254. The first-order valence-electron chi connectivity index (χ1n) is 6.39. The largest absolute Gasteiger partial charge is 0.496 e. The smallest absolute Gasteiger partial charge is 0.124 e. The second-order valence-corrected chi connectivity index (χ2v) is 6.88. The predicted octanol–water partition coefficient (Wildman–Crippen LogP) is 4.67. The Morgan fingerprint density at radius 2 is 2.15 bits per heavy atom. The summed E-state index contributed by atoms with van der Waals surface area (Å²) in [5.41, 5.74) is 2.01. The Morgan fingerprint density at radius 1 is 1.40 bits per heavy atom. The first kappa shape index (κ1) is 15.5.